The molecule has 0 aliphatic heterocycles. The van der Waals surface area contributed by atoms with Gasteiger partial charge >= 0.3 is 0 Å². The lowest BCUT2D eigenvalue weighted by molar-refractivity contribution is -0.137. The summed E-state index contributed by atoms with van der Waals surface area (Å²) in [6.45, 7) is 2.61. The number of nitrogens with zero attached hydrogens (tertiary/aromatic N) is 1. The summed E-state index contributed by atoms with van der Waals surface area (Å²) in [5.41, 5.74) is 1.25. The number of rotatable bonds is 6. The number of carbonyl (C=O) groups excluding carboxylic acids is 1. The first-order valence-corrected chi connectivity index (χ1v) is 10.3. The van der Waals surface area contributed by atoms with Gasteiger partial charge in [-0.15, -0.1) is 0 Å². The van der Waals surface area contributed by atoms with Crippen LogP contribution < -0.4 is 5.32 Å². The third kappa shape index (κ3) is 5.07. The first-order valence-electron chi connectivity index (χ1n) is 10.3. The number of hydrogen-bond acceptors (Lipinski definition) is 2. The minimum absolute atomic E-state index is 0.213. The quantitative estimate of drug-likeness (QED) is 0.803. The first-order chi connectivity index (χ1) is 12.3. The van der Waals surface area contributed by atoms with Crippen LogP contribution in [0, 0.1) is 0 Å². The van der Waals surface area contributed by atoms with E-state index in [1.54, 1.807) is 0 Å². The molecule has 0 bridgehead atoms. The van der Waals surface area contributed by atoms with Gasteiger partial charge in [0.1, 0.15) is 0 Å². The fourth-order valence-electron chi connectivity index (χ4n) is 4.62. The SMILES string of the molecule is C[C@@H](NCC(=O)N(C1CCCCC1)C1CCCCC1)c1ccccc1. The summed E-state index contributed by atoms with van der Waals surface area (Å²) < 4.78 is 0. The second kappa shape index (κ2) is 9.38. The fourth-order valence-corrected chi connectivity index (χ4v) is 4.62. The minimum Gasteiger partial charge on any atom is -0.336 e. The molecule has 0 saturated heterocycles. The molecule has 2 fully saturated rings. The Hall–Kier alpha value is -1.35. The predicted octanol–water partition coefficient (Wildman–Crippen LogP) is 4.83. The van der Waals surface area contributed by atoms with E-state index in [1.807, 2.05) is 6.07 Å². The second-order valence-corrected chi connectivity index (χ2v) is 7.90. The van der Waals surface area contributed by atoms with Crippen molar-refractivity contribution in [2.24, 2.45) is 0 Å². The number of carbonyl (C=O) groups is 1. The van der Waals surface area contributed by atoms with Crippen LogP contribution in [0.3, 0.4) is 0 Å². The van der Waals surface area contributed by atoms with E-state index in [9.17, 15) is 4.79 Å². The van der Waals surface area contributed by atoms with Gasteiger partial charge in [-0.25, -0.2) is 0 Å². The molecule has 3 rings (SSSR count). The summed E-state index contributed by atoms with van der Waals surface area (Å²) in [5.74, 6) is 0.321. The maximum atomic E-state index is 13.1. The minimum atomic E-state index is 0.213. The summed E-state index contributed by atoms with van der Waals surface area (Å²) in [6.07, 6.45) is 12.6. The molecule has 1 N–H and O–H groups in total. The lowest BCUT2D eigenvalue weighted by Crippen LogP contribution is -2.51. The lowest BCUT2D eigenvalue weighted by Gasteiger charge is -2.42. The van der Waals surface area contributed by atoms with Crippen LogP contribution >= 0.6 is 0 Å². The van der Waals surface area contributed by atoms with E-state index in [0.29, 0.717) is 24.5 Å². The maximum Gasteiger partial charge on any atom is 0.237 e. The Balaban J connectivity index is 1.61. The molecule has 0 unspecified atom stereocenters. The number of nitrogens with one attached hydrogen (secondary N) is 1. The van der Waals surface area contributed by atoms with E-state index in [-0.39, 0.29) is 6.04 Å². The monoisotopic (exact) mass is 342 g/mol. The van der Waals surface area contributed by atoms with Gasteiger partial charge in [-0.05, 0) is 38.2 Å². The molecule has 3 nitrogen and oxygen atoms in total. The molecule has 2 aliphatic rings. The molecule has 3 heteroatoms. The van der Waals surface area contributed by atoms with Gasteiger partial charge in [0, 0.05) is 18.1 Å². The van der Waals surface area contributed by atoms with Crippen LogP contribution in [0.5, 0.6) is 0 Å². The van der Waals surface area contributed by atoms with E-state index < -0.39 is 0 Å². The standard InChI is InChI=1S/C22H34N2O/c1-18(19-11-5-2-6-12-19)23-17-22(25)24(20-13-7-3-8-14-20)21-15-9-4-10-16-21/h2,5-6,11-12,18,20-21,23H,3-4,7-10,13-17H2,1H3/t18-/m1/s1. The predicted molar refractivity (Wildman–Crippen MR) is 103 cm³/mol. The highest BCUT2D eigenvalue weighted by molar-refractivity contribution is 5.79. The molecule has 2 aliphatic carbocycles. The average Bonchev–Trinajstić information content (AvgIpc) is 2.69. The highest BCUT2D eigenvalue weighted by atomic mass is 16.2. The molecule has 1 atom stereocenters. The molecule has 1 aromatic carbocycles. The van der Waals surface area contributed by atoms with Crippen molar-refractivity contribution in [2.75, 3.05) is 6.54 Å². The number of hydrogen-bond donors (Lipinski definition) is 1. The summed E-state index contributed by atoms with van der Waals surface area (Å²) in [4.78, 5) is 15.4. The zero-order valence-electron chi connectivity index (χ0n) is 15.8. The van der Waals surface area contributed by atoms with Crippen molar-refractivity contribution in [1.82, 2.24) is 10.2 Å². The van der Waals surface area contributed by atoms with Gasteiger partial charge in [0.25, 0.3) is 0 Å². The van der Waals surface area contributed by atoms with Gasteiger partial charge in [0.2, 0.25) is 5.91 Å². The number of amides is 1. The van der Waals surface area contributed by atoms with Crippen LogP contribution in [-0.4, -0.2) is 29.4 Å². The van der Waals surface area contributed by atoms with Crippen LogP contribution in [0.1, 0.15) is 82.7 Å². The van der Waals surface area contributed by atoms with E-state index in [2.05, 4.69) is 41.4 Å². The molecule has 2 saturated carbocycles. The molecule has 1 amide bonds. The van der Waals surface area contributed by atoms with Gasteiger partial charge < -0.3 is 10.2 Å². The normalized spacial score (nSPS) is 21.0. The van der Waals surface area contributed by atoms with E-state index in [4.69, 9.17) is 0 Å². The van der Waals surface area contributed by atoms with Gasteiger partial charge in [-0.3, -0.25) is 4.79 Å². The molecule has 0 radical (unpaired) electrons. The summed E-state index contributed by atoms with van der Waals surface area (Å²) in [6, 6.07) is 11.6. The van der Waals surface area contributed by atoms with Crippen LogP contribution in [0.2, 0.25) is 0 Å². The smallest absolute Gasteiger partial charge is 0.237 e. The topological polar surface area (TPSA) is 32.3 Å². The van der Waals surface area contributed by atoms with Crippen LogP contribution in [0.25, 0.3) is 0 Å². The average molecular weight is 343 g/mol. The van der Waals surface area contributed by atoms with Crippen LogP contribution in [0.4, 0.5) is 0 Å². The Morgan fingerprint density at radius 1 is 0.960 bits per heavy atom. The molecular formula is C22H34N2O. The Morgan fingerprint density at radius 2 is 1.48 bits per heavy atom. The third-order valence-electron chi connectivity index (χ3n) is 6.08. The highest BCUT2D eigenvalue weighted by Gasteiger charge is 2.32. The molecule has 0 heterocycles. The Labute approximate surface area is 153 Å². The molecule has 25 heavy (non-hydrogen) atoms. The molecular weight excluding hydrogens is 308 g/mol. The summed E-state index contributed by atoms with van der Waals surface area (Å²) in [5, 5.41) is 3.47. The molecule has 138 valence electrons. The largest absolute Gasteiger partial charge is 0.336 e. The van der Waals surface area contributed by atoms with Crippen molar-refractivity contribution in [3.8, 4) is 0 Å². The van der Waals surface area contributed by atoms with E-state index in [1.165, 1.54) is 69.8 Å². The Morgan fingerprint density at radius 3 is 2.00 bits per heavy atom. The molecule has 0 spiro atoms. The summed E-state index contributed by atoms with van der Waals surface area (Å²) in [7, 11) is 0. The van der Waals surface area contributed by atoms with Crippen molar-refractivity contribution >= 4 is 5.91 Å². The van der Waals surface area contributed by atoms with Gasteiger partial charge in [-0.2, -0.15) is 0 Å². The Kier molecular flexibility index (Phi) is 6.92. The first kappa shape index (κ1) is 18.4. The van der Waals surface area contributed by atoms with Gasteiger partial charge in [-0.1, -0.05) is 68.9 Å². The zero-order chi connectivity index (χ0) is 17.5. The van der Waals surface area contributed by atoms with Crippen molar-refractivity contribution in [3.05, 3.63) is 35.9 Å². The molecule has 1 aromatic rings. The Bertz CT molecular complexity index is 500. The second-order valence-electron chi connectivity index (χ2n) is 7.90. The van der Waals surface area contributed by atoms with Crippen LogP contribution in [0.15, 0.2) is 30.3 Å². The lowest BCUT2D eigenvalue weighted by atomic mass is 9.88. The highest BCUT2D eigenvalue weighted by Crippen LogP contribution is 2.30. The maximum absolute atomic E-state index is 13.1. The van der Waals surface area contributed by atoms with Gasteiger partial charge in [0.05, 0.1) is 6.54 Å². The zero-order valence-corrected chi connectivity index (χ0v) is 15.8. The van der Waals surface area contributed by atoms with Crippen LogP contribution in [-0.2, 0) is 4.79 Å². The summed E-state index contributed by atoms with van der Waals surface area (Å²) >= 11 is 0. The van der Waals surface area contributed by atoms with Crippen molar-refractivity contribution in [1.29, 1.82) is 0 Å². The van der Waals surface area contributed by atoms with Crippen molar-refractivity contribution in [2.45, 2.75) is 89.3 Å². The van der Waals surface area contributed by atoms with E-state index >= 15 is 0 Å². The molecule has 0 aromatic heterocycles. The number of benzene rings is 1. The fraction of sp³-hybridized carbons (Fsp3) is 0.682. The van der Waals surface area contributed by atoms with E-state index in [0.717, 1.165) is 0 Å². The van der Waals surface area contributed by atoms with Crippen molar-refractivity contribution < 1.29 is 4.79 Å². The van der Waals surface area contributed by atoms with Crippen molar-refractivity contribution in [3.63, 3.8) is 0 Å². The third-order valence-corrected chi connectivity index (χ3v) is 6.08. The van der Waals surface area contributed by atoms with Gasteiger partial charge in [0.15, 0.2) is 0 Å².